The van der Waals surface area contributed by atoms with Gasteiger partial charge in [0.25, 0.3) is 5.91 Å². The Morgan fingerprint density at radius 3 is 2.21 bits per heavy atom. The molecule has 0 aliphatic rings. The van der Waals surface area contributed by atoms with Gasteiger partial charge in [-0.05, 0) is 94.5 Å². The molecule has 7 nitrogen and oxygen atoms in total. The van der Waals surface area contributed by atoms with Crippen LogP contribution in [0.5, 0.6) is 0 Å². The van der Waals surface area contributed by atoms with Crippen molar-refractivity contribution in [3.8, 4) is 0 Å². The minimum absolute atomic E-state index is 0.0823. The molecule has 0 radical (unpaired) electrons. The third-order valence-electron chi connectivity index (χ3n) is 7.05. The van der Waals surface area contributed by atoms with Gasteiger partial charge in [-0.15, -0.1) is 0 Å². The molecule has 2 N–H and O–H groups in total. The molecule has 3 atom stereocenters. The molecule has 2 aromatic rings. The Morgan fingerprint density at radius 2 is 1.65 bits per heavy atom. The number of halogens is 1. The quantitative estimate of drug-likeness (QED) is 0.237. The van der Waals surface area contributed by atoms with E-state index >= 15 is 0 Å². The van der Waals surface area contributed by atoms with Gasteiger partial charge in [0, 0.05) is 6.04 Å². The van der Waals surface area contributed by atoms with Crippen LogP contribution in [0.4, 0.5) is 10.5 Å². The highest BCUT2D eigenvalue weighted by Crippen LogP contribution is 2.32. The van der Waals surface area contributed by atoms with Crippen LogP contribution in [-0.2, 0) is 14.3 Å². The SMILES string of the molecule is C=Cc1cccc(C(C(=O)Nc2c(C)cccc2Cl)N(C(=O)C(CC(C)C)NC(=O)OC(C)(C)C)C(C)CCC(C)C)c1. The van der Waals surface area contributed by atoms with Crippen LogP contribution in [0.15, 0.2) is 49.0 Å². The average molecular weight is 612 g/mol. The molecule has 0 spiro atoms. The lowest BCUT2D eigenvalue weighted by Gasteiger charge is -2.39. The first-order valence-corrected chi connectivity index (χ1v) is 15.5. The molecule has 0 saturated heterocycles. The zero-order chi connectivity index (χ0) is 32.5. The van der Waals surface area contributed by atoms with Gasteiger partial charge in [0.15, 0.2) is 0 Å². The monoisotopic (exact) mass is 611 g/mol. The van der Waals surface area contributed by atoms with Gasteiger partial charge < -0.3 is 20.3 Å². The summed E-state index contributed by atoms with van der Waals surface area (Å²) < 4.78 is 5.52. The zero-order valence-electron chi connectivity index (χ0n) is 27.3. The van der Waals surface area contributed by atoms with Gasteiger partial charge in [0.1, 0.15) is 17.7 Å². The third kappa shape index (κ3) is 11.0. The number of carbonyl (C=O) groups excluding carboxylic acids is 3. The Bertz CT molecular complexity index is 1250. The smallest absolute Gasteiger partial charge is 0.408 e. The summed E-state index contributed by atoms with van der Waals surface area (Å²) in [5, 5.41) is 6.24. The number of aryl methyl sites for hydroxylation is 1. The summed E-state index contributed by atoms with van der Waals surface area (Å²) in [6.07, 6.45) is 2.92. The number of ether oxygens (including phenoxy) is 1. The number of amides is 3. The molecule has 0 heterocycles. The lowest BCUT2D eigenvalue weighted by Crippen LogP contribution is -2.55. The normalized spacial score (nSPS) is 13.7. The van der Waals surface area contributed by atoms with Crippen LogP contribution >= 0.6 is 11.6 Å². The number of hydrogen-bond donors (Lipinski definition) is 2. The van der Waals surface area contributed by atoms with Gasteiger partial charge in [-0.3, -0.25) is 9.59 Å². The standard InChI is InChI=1S/C35H50ClN3O4/c1-11-26-15-13-16-27(21-26)31(32(40)38-30-24(6)14-12-17-28(30)36)39(25(7)19-18-22(2)3)33(41)29(20-23(4)5)37-34(42)43-35(8,9)10/h11-17,21-23,25,29,31H,1,18-20H2,2-10H3,(H,37,42)(H,38,40). The van der Waals surface area contributed by atoms with Crippen LogP contribution in [0, 0.1) is 18.8 Å². The van der Waals surface area contributed by atoms with Crippen molar-refractivity contribution in [2.24, 2.45) is 11.8 Å². The molecule has 0 saturated carbocycles. The number of nitrogens with one attached hydrogen (secondary N) is 2. The predicted octanol–water partition coefficient (Wildman–Crippen LogP) is 8.56. The van der Waals surface area contributed by atoms with Crippen molar-refractivity contribution in [3.63, 3.8) is 0 Å². The van der Waals surface area contributed by atoms with E-state index in [1.165, 1.54) is 0 Å². The number of benzene rings is 2. The van der Waals surface area contributed by atoms with Gasteiger partial charge in [-0.1, -0.05) is 82.3 Å². The highest BCUT2D eigenvalue weighted by molar-refractivity contribution is 6.34. The second-order valence-corrected chi connectivity index (χ2v) is 13.5. The number of rotatable bonds is 13. The second-order valence-electron chi connectivity index (χ2n) is 13.1. The third-order valence-corrected chi connectivity index (χ3v) is 7.36. The minimum Gasteiger partial charge on any atom is -0.444 e. The number of anilines is 1. The molecule has 8 heteroatoms. The van der Waals surface area contributed by atoms with E-state index in [0.717, 1.165) is 17.5 Å². The molecule has 0 aliphatic heterocycles. The van der Waals surface area contributed by atoms with Crippen LogP contribution in [0.3, 0.4) is 0 Å². The first-order chi connectivity index (χ1) is 20.0. The maximum Gasteiger partial charge on any atom is 0.408 e. The molecule has 2 aromatic carbocycles. The summed E-state index contributed by atoms with van der Waals surface area (Å²) in [4.78, 5) is 43.6. The molecule has 0 aromatic heterocycles. The maximum absolute atomic E-state index is 14.7. The Hall–Kier alpha value is -3.32. The largest absolute Gasteiger partial charge is 0.444 e. The van der Waals surface area contributed by atoms with E-state index in [0.29, 0.717) is 35.0 Å². The Labute approximate surface area is 263 Å². The van der Waals surface area contributed by atoms with E-state index in [1.54, 1.807) is 37.8 Å². The fraction of sp³-hybridized carbons (Fsp3) is 0.514. The van der Waals surface area contributed by atoms with Crippen LogP contribution in [0.25, 0.3) is 6.08 Å². The number of alkyl carbamates (subject to hydrolysis) is 1. The topological polar surface area (TPSA) is 87.7 Å². The molecule has 0 fully saturated rings. The summed E-state index contributed by atoms with van der Waals surface area (Å²) in [5.74, 6) is -0.273. The molecule has 3 amide bonds. The summed E-state index contributed by atoms with van der Waals surface area (Å²) in [6.45, 7) is 21.3. The number of carbonyl (C=O) groups is 3. The van der Waals surface area contributed by atoms with Gasteiger partial charge in [-0.25, -0.2) is 4.79 Å². The van der Waals surface area contributed by atoms with Crippen molar-refractivity contribution in [2.45, 2.75) is 105 Å². The first kappa shape index (κ1) is 35.9. The Balaban J connectivity index is 2.71. The second kappa shape index (κ2) is 15.9. The molecule has 236 valence electrons. The Kier molecular flexibility index (Phi) is 13.3. The molecule has 43 heavy (non-hydrogen) atoms. The summed E-state index contributed by atoms with van der Waals surface area (Å²) in [5.41, 5.74) is 2.00. The number of hydrogen-bond acceptors (Lipinski definition) is 4. The highest BCUT2D eigenvalue weighted by Gasteiger charge is 2.39. The van der Waals surface area contributed by atoms with Crippen molar-refractivity contribution >= 4 is 41.3 Å². The van der Waals surface area contributed by atoms with Crippen molar-refractivity contribution in [1.82, 2.24) is 10.2 Å². The molecule has 3 unspecified atom stereocenters. The van der Waals surface area contributed by atoms with Crippen molar-refractivity contribution in [1.29, 1.82) is 0 Å². The van der Waals surface area contributed by atoms with E-state index in [9.17, 15) is 14.4 Å². The predicted molar refractivity (Wildman–Crippen MR) is 177 cm³/mol. The molecule has 2 rings (SSSR count). The minimum atomic E-state index is -1.01. The summed E-state index contributed by atoms with van der Waals surface area (Å²) in [6, 6.07) is 10.6. The average Bonchev–Trinajstić information content (AvgIpc) is 2.90. The lowest BCUT2D eigenvalue weighted by atomic mass is 9.94. The van der Waals surface area contributed by atoms with Crippen molar-refractivity contribution in [3.05, 3.63) is 70.8 Å². The van der Waals surface area contributed by atoms with Crippen molar-refractivity contribution < 1.29 is 19.1 Å². The summed E-state index contributed by atoms with van der Waals surface area (Å²) in [7, 11) is 0. The van der Waals surface area contributed by atoms with E-state index in [-0.39, 0.29) is 17.9 Å². The zero-order valence-corrected chi connectivity index (χ0v) is 28.0. The number of nitrogens with zero attached hydrogens (tertiary/aromatic N) is 1. The van der Waals surface area contributed by atoms with E-state index < -0.39 is 29.7 Å². The van der Waals surface area contributed by atoms with Crippen LogP contribution in [0.2, 0.25) is 5.02 Å². The highest BCUT2D eigenvalue weighted by atomic mass is 35.5. The lowest BCUT2D eigenvalue weighted by molar-refractivity contribution is -0.144. The summed E-state index contributed by atoms with van der Waals surface area (Å²) >= 11 is 6.51. The first-order valence-electron chi connectivity index (χ1n) is 15.1. The van der Waals surface area contributed by atoms with Gasteiger partial charge in [0.05, 0.1) is 10.7 Å². The van der Waals surface area contributed by atoms with Crippen LogP contribution in [0.1, 0.15) is 97.4 Å². The number of para-hydroxylation sites is 1. The maximum atomic E-state index is 14.7. The fourth-order valence-corrected chi connectivity index (χ4v) is 5.18. The molecule has 0 aliphatic carbocycles. The molecule has 0 bridgehead atoms. The van der Waals surface area contributed by atoms with E-state index in [4.69, 9.17) is 16.3 Å². The van der Waals surface area contributed by atoms with Gasteiger partial charge in [-0.2, -0.15) is 0 Å². The Morgan fingerprint density at radius 1 is 1.00 bits per heavy atom. The van der Waals surface area contributed by atoms with Gasteiger partial charge in [0.2, 0.25) is 5.91 Å². The fourth-order valence-electron chi connectivity index (χ4n) is 4.91. The van der Waals surface area contributed by atoms with Crippen molar-refractivity contribution in [2.75, 3.05) is 5.32 Å². The molecular weight excluding hydrogens is 562 g/mol. The van der Waals surface area contributed by atoms with Crippen LogP contribution < -0.4 is 10.6 Å². The van der Waals surface area contributed by atoms with E-state index in [1.807, 2.05) is 64.1 Å². The van der Waals surface area contributed by atoms with E-state index in [2.05, 4.69) is 31.1 Å². The van der Waals surface area contributed by atoms with Gasteiger partial charge >= 0.3 is 6.09 Å². The molecular formula is C35H50ClN3O4. The van der Waals surface area contributed by atoms with Crippen LogP contribution in [-0.4, -0.2) is 40.5 Å².